The molecule has 0 atom stereocenters. The van der Waals surface area contributed by atoms with E-state index in [0.29, 0.717) is 5.39 Å². The zero-order valence-electron chi connectivity index (χ0n) is 19.3. The Balaban J connectivity index is 0.000000165. The van der Waals surface area contributed by atoms with Gasteiger partial charge in [-0.25, -0.2) is 8.42 Å². The fourth-order valence-electron chi connectivity index (χ4n) is 4.07. The number of benzene rings is 3. The fraction of sp³-hybridized carbons (Fsp3) is 0.269. The van der Waals surface area contributed by atoms with Crippen LogP contribution >= 0.6 is 0 Å². The molecule has 0 aromatic heterocycles. The van der Waals surface area contributed by atoms with Gasteiger partial charge in [0.2, 0.25) is 0 Å². The maximum absolute atomic E-state index is 11.8. The molecular weight excluding hydrogens is 464 g/mol. The molecular formula is C26H29N4O4S+. The maximum atomic E-state index is 11.8. The number of amidine groups is 2. The van der Waals surface area contributed by atoms with Gasteiger partial charge in [-0.1, -0.05) is 36.4 Å². The van der Waals surface area contributed by atoms with Gasteiger partial charge in [0.1, 0.15) is 0 Å². The maximum Gasteiger partial charge on any atom is 0.274 e. The van der Waals surface area contributed by atoms with Gasteiger partial charge >= 0.3 is 0 Å². The molecule has 0 fully saturated rings. The molecule has 0 amide bonds. The standard InChI is InChI=1S/C14H18N4.C12H10O4S/c1-7-15-13(16-8-1)11-3-5-12(6-4-11)14-17-9-2-10-18-14;13-12(14)8-17(15,16)11-7-3-5-9-4-1-2-6-10(9)11/h3-6H,1-2,7-10H2,(H,15,16)(H,17,18);1-7H,8H2,(H,13,14)/p+1. The van der Waals surface area contributed by atoms with Crippen LogP contribution in [0.4, 0.5) is 0 Å². The number of carboxylic acid groups (broad SMARTS) is 1. The number of aliphatic carboxylic acids is 1. The summed E-state index contributed by atoms with van der Waals surface area (Å²) in [6.07, 6.45) is 2.38. The average Bonchev–Trinajstić information content (AvgIpc) is 2.89. The van der Waals surface area contributed by atoms with E-state index in [2.05, 4.69) is 44.9 Å². The van der Waals surface area contributed by atoms with Crippen LogP contribution in [0.3, 0.4) is 0 Å². The van der Waals surface area contributed by atoms with Crippen LogP contribution in [-0.2, 0) is 14.6 Å². The van der Waals surface area contributed by atoms with Crippen molar-refractivity contribution in [2.24, 2.45) is 0 Å². The van der Waals surface area contributed by atoms with Gasteiger partial charge in [-0.05, 0) is 35.7 Å². The molecule has 0 bridgehead atoms. The lowest BCUT2D eigenvalue weighted by atomic mass is 10.1. The molecule has 5 rings (SSSR count). The number of fused-ring (bicyclic) bond motifs is 1. The smallest absolute Gasteiger partial charge is 0.274 e. The van der Waals surface area contributed by atoms with E-state index in [4.69, 9.17) is 0 Å². The molecule has 9 heteroatoms. The highest BCUT2D eigenvalue weighted by atomic mass is 32.2. The third-order valence-corrected chi connectivity index (χ3v) is 7.41. The highest BCUT2D eigenvalue weighted by Gasteiger charge is 2.18. The van der Waals surface area contributed by atoms with Gasteiger partial charge < -0.3 is 9.90 Å². The summed E-state index contributed by atoms with van der Waals surface area (Å²) >= 11 is 0. The summed E-state index contributed by atoms with van der Waals surface area (Å²) in [5.74, 6) is -0.288. The third kappa shape index (κ3) is 6.24. The predicted molar refractivity (Wildman–Crippen MR) is 133 cm³/mol. The molecule has 0 saturated carbocycles. The Morgan fingerprint density at radius 1 is 0.800 bits per heavy atom. The molecule has 4 N–H and O–H groups in total. The normalized spacial score (nSPS) is 15.5. The van der Waals surface area contributed by atoms with Crippen LogP contribution in [0.1, 0.15) is 24.0 Å². The first-order valence-electron chi connectivity index (χ1n) is 11.6. The second-order valence-electron chi connectivity index (χ2n) is 8.35. The number of carboxylic acids is 1. The van der Waals surface area contributed by atoms with Crippen LogP contribution in [0, 0.1) is 0 Å². The van der Waals surface area contributed by atoms with Crippen molar-refractivity contribution in [3.8, 4) is 0 Å². The van der Waals surface area contributed by atoms with Crippen molar-refractivity contribution in [3.63, 3.8) is 0 Å². The molecule has 2 aliphatic heterocycles. The van der Waals surface area contributed by atoms with E-state index in [1.54, 1.807) is 36.4 Å². The minimum Gasteiger partial charge on any atom is -0.549 e. The predicted octanol–water partition coefficient (Wildman–Crippen LogP) is -2.31. The van der Waals surface area contributed by atoms with E-state index >= 15 is 0 Å². The minimum absolute atomic E-state index is 0.0276. The second kappa shape index (κ2) is 11.1. The summed E-state index contributed by atoms with van der Waals surface area (Å²) in [6, 6.07) is 20.4. The Kier molecular flexibility index (Phi) is 7.77. The Morgan fingerprint density at radius 2 is 1.34 bits per heavy atom. The van der Waals surface area contributed by atoms with Gasteiger partial charge in [0.05, 0.1) is 53.9 Å². The lowest BCUT2D eigenvalue weighted by Gasteiger charge is -2.10. The van der Waals surface area contributed by atoms with Gasteiger partial charge in [-0.3, -0.25) is 20.6 Å². The van der Waals surface area contributed by atoms with Crippen molar-refractivity contribution in [2.75, 3.05) is 31.9 Å². The summed E-state index contributed by atoms with van der Waals surface area (Å²) < 4.78 is 23.7. The SMILES string of the molecule is O=C([O-])CS(=O)(=O)c1cccc2ccccc12.c1cc(C2=[NH+]CCCN2)ccc1C1=[NH+]CCCN1. The topological polar surface area (TPSA) is 126 Å². The Bertz CT molecular complexity index is 1320. The lowest BCUT2D eigenvalue weighted by Crippen LogP contribution is -2.79. The third-order valence-electron chi connectivity index (χ3n) is 5.77. The molecule has 8 nitrogen and oxygen atoms in total. The Morgan fingerprint density at radius 3 is 1.86 bits per heavy atom. The summed E-state index contributed by atoms with van der Waals surface area (Å²) in [5, 5.41) is 18.5. The second-order valence-corrected chi connectivity index (χ2v) is 10.3. The zero-order chi connectivity index (χ0) is 24.7. The van der Waals surface area contributed by atoms with Crippen LogP contribution in [-0.4, -0.2) is 58.0 Å². The number of nitrogens with one attached hydrogen (secondary N) is 4. The van der Waals surface area contributed by atoms with Crippen LogP contribution in [0.2, 0.25) is 0 Å². The molecule has 3 aromatic rings. The van der Waals surface area contributed by atoms with E-state index < -0.39 is 21.6 Å². The molecule has 35 heavy (non-hydrogen) atoms. The van der Waals surface area contributed by atoms with E-state index in [9.17, 15) is 18.3 Å². The molecule has 0 radical (unpaired) electrons. The quantitative estimate of drug-likeness (QED) is 0.317. The molecule has 0 spiro atoms. The molecule has 2 aliphatic rings. The number of sulfone groups is 1. The number of carbonyl (C=O) groups is 1. The molecule has 182 valence electrons. The molecule has 3 aromatic carbocycles. The first-order valence-corrected chi connectivity index (χ1v) is 13.3. The monoisotopic (exact) mass is 493 g/mol. The van der Waals surface area contributed by atoms with Gasteiger partial charge in [-0.15, -0.1) is 0 Å². The summed E-state index contributed by atoms with van der Waals surface area (Å²) in [5.41, 5.74) is 2.46. The lowest BCUT2D eigenvalue weighted by molar-refractivity contribution is -0.464. The van der Waals surface area contributed by atoms with Crippen molar-refractivity contribution in [2.45, 2.75) is 17.7 Å². The summed E-state index contributed by atoms with van der Waals surface area (Å²) in [4.78, 5) is 17.3. The summed E-state index contributed by atoms with van der Waals surface area (Å²) in [6.45, 7) is 4.24. The number of carbonyl (C=O) groups excluding carboxylic acids is 1. The van der Waals surface area contributed by atoms with E-state index in [1.807, 2.05) is 0 Å². The molecule has 2 heterocycles. The van der Waals surface area contributed by atoms with Crippen LogP contribution in [0.25, 0.3) is 10.8 Å². The highest BCUT2D eigenvalue weighted by molar-refractivity contribution is 7.92. The summed E-state index contributed by atoms with van der Waals surface area (Å²) in [7, 11) is -3.85. The largest absolute Gasteiger partial charge is 0.549 e. The van der Waals surface area contributed by atoms with Gasteiger partial charge in [0.15, 0.2) is 9.84 Å². The zero-order valence-corrected chi connectivity index (χ0v) is 20.2. The first-order chi connectivity index (χ1) is 16.9. The molecule has 0 aliphatic carbocycles. The average molecular weight is 494 g/mol. The van der Waals surface area contributed by atoms with Crippen molar-refractivity contribution in [3.05, 3.63) is 77.9 Å². The van der Waals surface area contributed by atoms with Crippen molar-refractivity contribution in [1.29, 1.82) is 0 Å². The van der Waals surface area contributed by atoms with Crippen LogP contribution < -0.4 is 25.7 Å². The van der Waals surface area contributed by atoms with Crippen LogP contribution in [0.5, 0.6) is 0 Å². The van der Waals surface area contributed by atoms with E-state index in [0.717, 1.165) is 43.2 Å². The van der Waals surface area contributed by atoms with Crippen molar-refractivity contribution >= 4 is 38.3 Å². The molecule has 0 saturated heterocycles. The van der Waals surface area contributed by atoms with Crippen molar-refractivity contribution in [1.82, 2.24) is 10.6 Å². The van der Waals surface area contributed by atoms with Gasteiger partial charge in [0, 0.05) is 18.2 Å². The number of hydrogen-bond acceptors (Lipinski definition) is 6. The van der Waals surface area contributed by atoms with E-state index in [1.165, 1.54) is 30.0 Å². The Labute approximate surface area is 204 Å². The molecule has 0 unspecified atom stereocenters. The van der Waals surface area contributed by atoms with Crippen LogP contribution in [0.15, 0.2) is 71.6 Å². The fourth-order valence-corrected chi connectivity index (χ4v) is 5.34. The minimum atomic E-state index is -3.85. The highest BCUT2D eigenvalue weighted by Crippen LogP contribution is 2.23. The van der Waals surface area contributed by atoms with Gasteiger partial charge in [-0.2, -0.15) is 0 Å². The first kappa shape index (κ1) is 24.4. The van der Waals surface area contributed by atoms with Gasteiger partial charge in [0.25, 0.3) is 11.7 Å². The number of hydrogen-bond donors (Lipinski definition) is 4. The Hall–Kier alpha value is -3.72. The van der Waals surface area contributed by atoms with E-state index in [-0.39, 0.29) is 4.90 Å². The number of rotatable bonds is 5. The van der Waals surface area contributed by atoms with Crippen molar-refractivity contribution < 1.29 is 28.3 Å².